The Labute approximate surface area is 353 Å². The van der Waals surface area contributed by atoms with E-state index in [2.05, 4.69) is 223 Å². The van der Waals surface area contributed by atoms with E-state index in [0.29, 0.717) is 0 Å². The minimum absolute atomic E-state index is 0.862. The largest absolute Gasteiger partial charge is 0.309 e. The molecule has 0 atom stereocenters. The first-order valence-corrected chi connectivity index (χ1v) is 20.8. The molecule has 61 heavy (non-hydrogen) atoms. The molecule has 0 unspecified atom stereocenters. The molecular weight excluding hydrogens is 739 g/mol. The highest BCUT2D eigenvalue weighted by molar-refractivity contribution is 6.23. The normalized spacial score (nSPS) is 11.6. The summed E-state index contributed by atoms with van der Waals surface area (Å²) in [6.07, 6.45) is 1.92. The minimum Gasteiger partial charge on any atom is -0.309 e. The SMILES string of the molecule is c1ccc(-c2ccc(-n3c4ccccc4c4ccc(-c5ccc(-c6cccc(-c7cccc(-c8cnc9c%10ccccc%10c%10ccccc%10c9n8)c7)c6)cc5)cc43)cc2)cc1. The van der Waals surface area contributed by atoms with E-state index in [1.165, 1.54) is 66.0 Å². The smallest absolute Gasteiger partial charge is 0.0979 e. The number of aromatic nitrogens is 3. The summed E-state index contributed by atoms with van der Waals surface area (Å²) in [7, 11) is 0. The lowest BCUT2D eigenvalue weighted by Crippen LogP contribution is -1.94. The van der Waals surface area contributed by atoms with Gasteiger partial charge in [-0.25, -0.2) is 4.98 Å². The second kappa shape index (κ2) is 14.3. The molecule has 3 heteroatoms. The molecule has 3 nitrogen and oxygen atoms in total. The van der Waals surface area contributed by atoms with Crippen LogP contribution in [0.5, 0.6) is 0 Å². The van der Waals surface area contributed by atoms with Gasteiger partial charge in [-0.15, -0.1) is 0 Å². The van der Waals surface area contributed by atoms with Gasteiger partial charge in [-0.2, -0.15) is 0 Å². The van der Waals surface area contributed by atoms with E-state index in [0.717, 1.165) is 49.9 Å². The van der Waals surface area contributed by atoms with E-state index < -0.39 is 0 Å². The maximum Gasteiger partial charge on any atom is 0.0979 e. The summed E-state index contributed by atoms with van der Waals surface area (Å²) in [5, 5.41) is 7.14. The van der Waals surface area contributed by atoms with Gasteiger partial charge in [0.1, 0.15) is 0 Å². The molecule has 0 aliphatic rings. The summed E-state index contributed by atoms with van der Waals surface area (Å²) >= 11 is 0. The van der Waals surface area contributed by atoms with Crippen molar-refractivity contribution >= 4 is 54.4 Å². The summed E-state index contributed by atoms with van der Waals surface area (Å²) in [5.41, 5.74) is 16.8. The number of hydrogen-bond donors (Lipinski definition) is 0. The van der Waals surface area contributed by atoms with Crippen molar-refractivity contribution in [1.29, 1.82) is 0 Å². The van der Waals surface area contributed by atoms with Crippen molar-refractivity contribution < 1.29 is 0 Å². The summed E-state index contributed by atoms with van der Waals surface area (Å²) in [4.78, 5) is 10.3. The van der Waals surface area contributed by atoms with Crippen LogP contribution in [0, 0.1) is 0 Å². The first-order chi connectivity index (χ1) is 30.2. The van der Waals surface area contributed by atoms with Crippen LogP contribution in [0.3, 0.4) is 0 Å². The molecule has 0 bridgehead atoms. The quantitative estimate of drug-likeness (QED) is 0.158. The number of para-hydroxylation sites is 1. The number of nitrogens with zero attached hydrogens (tertiary/aromatic N) is 3. The van der Waals surface area contributed by atoms with Crippen molar-refractivity contribution in [3.63, 3.8) is 0 Å². The van der Waals surface area contributed by atoms with Crippen molar-refractivity contribution in [1.82, 2.24) is 14.5 Å². The van der Waals surface area contributed by atoms with Crippen LogP contribution in [-0.4, -0.2) is 14.5 Å². The molecule has 0 aliphatic carbocycles. The van der Waals surface area contributed by atoms with Gasteiger partial charge in [0, 0.05) is 32.8 Å². The molecule has 0 saturated heterocycles. The van der Waals surface area contributed by atoms with Gasteiger partial charge in [-0.3, -0.25) is 4.98 Å². The van der Waals surface area contributed by atoms with E-state index in [4.69, 9.17) is 9.97 Å². The van der Waals surface area contributed by atoms with Crippen molar-refractivity contribution in [3.8, 4) is 61.5 Å². The summed E-state index contributed by atoms with van der Waals surface area (Å²) in [5.74, 6) is 0. The maximum absolute atomic E-state index is 5.25. The van der Waals surface area contributed by atoms with Gasteiger partial charge in [0.25, 0.3) is 0 Å². The molecule has 10 aromatic carbocycles. The summed E-state index contributed by atoms with van der Waals surface area (Å²) in [6, 6.07) is 78.5. The number of hydrogen-bond acceptors (Lipinski definition) is 2. The third-order valence-electron chi connectivity index (χ3n) is 12.2. The monoisotopic (exact) mass is 775 g/mol. The molecule has 12 rings (SSSR count). The molecule has 0 amide bonds. The number of benzene rings is 10. The van der Waals surface area contributed by atoms with Gasteiger partial charge in [-0.1, -0.05) is 182 Å². The minimum atomic E-state index is 0.862. The van der Waals surface area contributed by atoms with Crippen LogP contribution in [-0.2, 0) is 0 Å². The van der Waals surface area contributed by atoms with E-state index in [9.17, 15) is 0 Å². The predicted molar refractivity (Wildman–Crippen MR) is 256 cm³/mol. The van der Waals surface area contributed by atoms with Gasteiger partial charge >= 0.3 is 0 Å². The van der Waals surface area contributed by atoms with Crippen LogP contribution >= 0.6 is 0 Å². The fourth-order valence-electron chi connectivity index (χ4n) is 9.22. The Morgan fingerprint density at radius 1 is 0.279 bits per heavy atom. The number of fused-ring (bicyclic) bond motifs is 9. The number of rotatable bonds is 6. The second-order valence-electron chi connectivity index (χ2n) is 15.8. The zero-order chi connectivity index (χ0) is 40.3. The Balaban J connectivity index is 0.863. The van der Waals surface area contributed by atoms with Crippen LogP contribution in [0.1, 0.15) is 0 Å². The molecule has 2 aromatic heterocycles. The Morgan fingerprint density at radius 2 is 0.721 bits per heavy atom. The van der Waals surface area contributed by atoms with Crippen LogP contribution in [0.2, 0.25) is 0 Å². The van der Waals surface area contributed by atoms with Gasteiger partial charge in [0.15, 0.2) is 0 Å². The lowest BCUT2D eigenvalue weighted by atomic mass is 9.96. The average Bonchev–Trinajstić information content (AvgIpc) is 3.68. The van der Waals surface area contributed by atoms with Crippen LogP contribution in [0.4, 0.5) is 0 Å². The van der Waals surface area contributed by atoms with E-state index in [-0.39, 0.29) is 0 Å². The second-order valence-corrected chi connectivity index (χ2v) is 15.8. The van der Waals surface area contributed by atoms with Gasteiger partial charge in [0.2, 0.25) is 0 Å². The molecule has 0 saturated carbocycles. The van der Waals surface area contributed by atoms with Gasteiger partial charge in [-0.05, 0) is 91.7 Å². The lowest BCUT2D eigenvalue weighted by molar-refractivity contribution is 1.18. The predicted octanol–water partition coefficient (Wildman–Crippen LogP) is 15.4. The first kappa shape index (κ1) is 34.9. The molecule has 0 spiro atoms. The zero-order valence-corrected chi connectivity index (χ0v) is 33.2. The zero-order valence-electron chi connectivity index (χ0n) is 33.2. The highest BCUT2D eigenvalue weighted by Gasteiger charge is 2.15. The fourth-order valence-corrected chi connectivity index (χ4v) is 9.22. The van der Waals surface area contributed by atoms with Crippen molar-refractivity contribution in [2.24, 2.45) is 0 Å². The molecule has 12 aromatic rings. The van der Waals surface area contributed by atoms with Crippen molar-refractivity contribution in [3.05, 3.63) is 225 Å². The Hall–Kier alpha value is -8.14. The molecule has 284 valence electrons. The average molecular weight is 776 g/mol. The lowest BCUT2D eigenvalue weighted by Gasteiger charge is -2.12. The van der Waals surface area contributed by atoms with Crippen LogP contribution < -0.4 is 0 Å². The molecule has 0 radical (unpaired) electrons. The molecular formula is C58H37N3. The van der Waals surface area contributed by atoms with Gasteiger partial charge < -0.3 is 4.57 Å². The summed E-state index contributed by atoms with van der Waals surface area (Å²) in [6.45, 7) is 0. The summed E-state index contributed by atoms with van der Waals surface area (Å²) < 4.78 is 2.40. The molecule has 0 N–H and O–H groups in total. The Kier molecular flexibility index (Phi) is 8.17. The Morgan fingerprint density at radius 3 is 1.41 bits per heavy atom. The molecule has 0 aliphatic heterocycles. The fraction of sp³-hybridized carbons (Fsp3) is 0. The van der Waals surface area contributed by atoms with Gasteiger partial charge in [0.05, 0.1) is 34.0 Å². The van der Waals surface area contributed by atoms with Crippen LogP contribution in [0.25, 0.3) is 116 Å². The first-order valence-electron chi connectivity index (χ1n) is 20.8. The third kappa shape index (κ3) is 5.98. The van der Waals surface area contributed by atoms with E-state index in [1.807, 2.05) is 6.20 Å². The van der Waals surface area contributed by atoms with E-state index >= 15 is 0 Å². The standard InChI is InChI=1S/C58H37N3/c1-2-12-38(13-3-1)39-28-31-47(32-29-39)61-55-23-9-8-20-50(55)51-33-30-45(36-56(51)61)41-26-24-40(25-27-41)42-14-10-15-43(34-42)44-16-11-17-46(35-44)54-37-59-57-52-21-6-4-18-48(52)49-19-5-7-22-53(49)58(57)60-54/h1-37H. The highest BCUT2D eigenvalue weighted by atomic mass is 15.0. The highest BCUT2D eigenvalue weighted by Crippen LogP contribution is 2.38. The molecule has 2 heterocycles. The topological polar surface area (TPSA) is 30.7 Å². The van der Waals surface area contributed by atoms with E-state index in [1.54, 1.807) is 0 Å². The van der Waals surface area contributed by atoms with Crippen LogP contribution in [0.15, 0.2) is 225 Å². The third-order valence-corrected chi connectivity index (χ3v) is 12.2. The maximum atomic E-state index is 5.25. The van der Waals surface area contributed by atoms with Crippen molar-refractivity contribution in [2.75, 3.05) is 0 Å². The molecule has 0 fully saturated rings. The Bertz CT molecular complexity index is 3590. The van der Waals surface area contributed by atoms with Crippen molar-refractivity contribution in [2.45, 2.75) is 0 Å².